The van der Waals surface area contributed by atoms with Gasteiger partial charge in [-0.3, -0.25) is 4.90 Å². The zero-order valence-corrected chi connectivity index (χ0v) is 12.2. The Morgan fingerprint density at radius 1 is 1.38 bits per heavy atom. The molecule has 112 valence electrons. The second-order valence-electron chi connectivity index (χ2n) is 5.64. The number of halogens is 1. The van der Waals surface area contributed by atoms with Crippen LogP contribution in [0.2, 0.25) is 0 Å². The van der Waals surface area contributed by atoms with Crippen LogP contribution in [-0.2, 0) is 6.54 Å². The van der Waals surface area contributed by atoms with Crippen molar-refractivity contribution in [2.24, 2.45) is 0 Å². The summed E-state index contributed by atoms with van der Waals surface area (Å²) < 4.78 is 18.4. The average molecular weight is 289 g/mol. The number of aromatic nitrogens is 1. The molecule has 3 rings (SSSR count). The monoisotopic (exact) mass is 289 g/mol. The third-order valence-electron chi connectivity index (χ3n) is 3.77. The lowest BCUT2D eigenvalue weighted by molar-refractivity contribution is 0.290. The molecule has 5 heteroatoms. The summed E-state index contributed by atoms with van der Waals surface area (Å²) in [5, 5.41) is 3.49. The number of hydrogen-bond donors (Lipinski definition) is 1. The average Bonchev–Trinajstić information content (AvgIpc) is 3.11. The molecule has 0 bridgehead atoms. The summed E-state index contributed by atoms with van der Waals surface area (Å²) in [6.45, 7) is 2.89. The summed E-state index contributed by atoms with van der Waals surface area (Å²) in [5.41, 5.74) is 1.69. The first-order valence-electron chi connectivity index (χ1n) is 7.33. The Labute approximate surface area is 124 Å². The highest BCUT2D eigenvalue weighted by Crippen LogP contribution is 2.19. The molecule has 1 aliphatic rings. The van der Waals surface area contributed by atoms with E-state index in [0.29, 0.717) is 11.9 Å². The second kappa shape index (κ2) is 6.37. The molecule has 1 fully saturated rings. The smallest absolute Gasteiger partial charge is 0.226 e. The quantitative estimate of drug-likeness (QED) is 0.919. The molecule has 1 atom stereocenters. The Bertz CT molecular complexity index is 575. The number of nitrogens with one attached hydrogen (secondary N) is 1. The van der Waals surface area contributed by atoms with Gasteiger partial charge in [0.25, 0.3) is 0 Å². The van der Waals surface area contributed by atoms with E-state index in [0.717, 1.165) is 30.9 Å². The lowest BCUT2D eigenvalue weighted by atomic mass is 10.2. The minimum atomic E-state index is -0.255. The number of rotatable bonds is 5. The van der Waals surface area contributed by atoms with Crippen LogP contribution in [0.25, 0.3) is 11.5 Å². The van der Waals surface area contributed by atoms with Crippen molar-refractivity contribution in [2.45, 2.75) is 25.4 Å². The maximum atomic E-state index is 12.9. The van der Waals surface area contributed by atoms with E-state index in [-0.39, 0.29) is 5.82 Å². The molecule has 0 saturated carbocycles. The first-order valence-corrected chi connectivity index (χ1v) is 7.33. The maximum Gasteiger partial charge on any atom is 0.226 e. The van der Waals surface area contributed by atoms with E-state index in [4.69, 9.17) is 4.42 Å². The van der Waals surface area contributed by atoms with E-state index < -0.39 is 0 Å². The van der Waals surface area contributed by atoms with E-state index in [2.05, 4.69) is 22.2 Å². The molecule has 1 aliphatic heterocycles. The van der Waals surface area contributed by atoms with Crippen molar-refractivity contribution in [1.29, 1.82) is 0 Å². The summed E-state index contributed by atoms with van der Waals surface area (Å²) in [7, 11) is 2.09. The molecule has 0 radical (unpaired) electrons. The minimum Gasteiger partial charge on any atom is -0.444 e. The summed E-state index contributed by atoms with van der Waals surface area (Å²) in [4.78, 5) is 6.72. The first-order chi connectivity index (χ1) is 10.2. The first kappa shape index (κ1) is 14.2. The predicted octanol–water partition coefficient (Wildman–Crippen LogP) is 2.66. The molecule has 1 saturated heterocycles. The van der Waals surface area contributed by atoms with Crippen LogP contribution in [0.1, 0.15) is 18.5 Å². The molecule has 2 heterocycles. The number of oxazole rings is 1. The molecule has 1 N–H and O–H groups in total. The van der Waals surface area contributed by atoms with Gasteiger partial charge < -0.3 is 9.73 Å². The largest absolute Gasteiger partial charge is 0.444 e. The maximum absolute atomic E-state index is 12.9. The molecule has 0 amide bonds. The van der Waals surface area contributed by atoms with Crippen LogP contribution in [0, 0.1) is 5.82 Å². The van der Waals surface area contributed by atoms with Gasteiger partial charge in [-0.15, -0.1) is 0 Å². The van der Waals surface area contributed by atoms with Crippen molar-refractivity contribution in [3.63, 3.8) is 0 Å². The molecule has 1 aromatic carbocycles. The van der Waals surface area contributed by atoms with Crippen molar-refractivity contribution in [3.05, 3.63) is 42.0 Å². The number of likely N-dealkylation sites (N-methyl/N-ethyl adjacent to an activating group) is 1. The van der Waals surface area contributed by atoms with Crippen LogP contribution < -0.4 is 5.32 Å². The highest BCUT2D eigenvalue weighted by atomic mass is 19.1. The third-order valence-corrected chi connectivity index (χ3v) is 3.77. The molecule has 0 aliphatic carbocycles. The SMILES string of the molecule is CN(Cc1coc(-c2ccc(F)cc2)n1)CC1CCCN1. The summed E-state index contributed by atoms with van der Waals surface area (Å²) >= 11 is 0. The molecular formula is C16H20FN3O. The Morgan fingerprint density at radius 2 is 2.19 bits per heavy atom. The Kier molecular flexibility index (Phi) is 4.31. The van der Waals surface area contributed by atoms with E-state index in [1.807, 2.05) is 0 Å². The number of nitrogens with zero attached hydrogens (tertiary/aromatic N) is 2. The van der Waals surface area contributed by atoms with Gasteiger partial charge in [0.1, 0.15) is 12.1 Å². The molecule has 1 aromatic heterocycles. The topological polar surface area (TPSA) is 41.3 Å². The highest BCUT2D eigenvalue weighted by molar-refractivity contribution is 5.52. The number of hydrogen-bond acceptors (Lipinski definition) is 4. The number of benzene rings is 1. The van der Waals surface area contributed by atoms with Crippen molar-refractivity contribution < 1.29 is 8.81 Å². The van der Waals surface area contributed by atoms with Gasteiger partial charge in [0.2, 0.25) is 5.89 Å². The van der Waals surface area contributed by atoms with Crippen LogP contribution in [0.15, 0.2) is 34.9 Å². The van der Waals surface area contributed by atoms with Gasteiger partial charge >= 0.3 is 0 Å². The lowest BCUT2D eigenvalue weighted by Gasteiger charge is -2.19. The van der Waals surface area contributed by atoms with E-state index in [1.54, 1.807) is 18.4 Å². The van der Waals surface area contributed by atoms with Crippen molar-refractivity contribution in [2.75, 3.05) is 20.1 Å². The van der Waals surface area contributed by atoms with Crippen LogP contribution in [-0.4, -0.2) is 36.1 Å². The lowest BCUT2D eigenvalue weighted by Crippen LogP contribution is -2.35. The van der Waals surface area contributed by atoms with Gasteiger partial charge in [0, 0.05) is 24.7 Å². The Morgan fingerprint density at radius 3 is 2.90 bits per heavy atom. The molecular weight excluding hydrogens is 269 g/mol. The van der Waals surface area contributed by atoms with Gasteiger partial charge in [-0.1, -0.05) is 0 Å². The van der Waals surface area contributed by atoms with Gasteiger partial charge in [-0.2, -0.15) is 0 Å². The van der Waals surface area contributed by atoms with Crippen molar-refractivity contribution >= 4 is 0 Å². The van der Waals surface area contributed by atoms with E-state index >= 15 is 0 Å². The van der Waals surface area contributed by atoms with Crippen LogP contribution in [0.4, 0.5) is 4.39 Å². The Balaban J connectivity index is 1.60. The molecule has 4 nitrogen and oxygen atoms in total. The van der Waals surface area contributed by atoms with Crippen molar-refractivity contribution in [3.8, 4) is 11.5 Å². The Hall–Kier alpha value is -1.72. The van der Waals surface area contributed by atoms with Gasteiger partial charge in [0.15, 0.2) is 0 Å². The van der Waals surface area contributed by atoms with Gasteiger partial charge in [-0.05, 0) is 50.7 Å². The fraction of sp³-hybridized carbons (Fsp3) is 0.438. The summed E-state index contributed by atoms with van der Waals surface area (Å²) in [6.07, 6.45) is 4.18. The van der Waals surface area contributed by atoms with E-state index in [1.165, 1.54) is 25.0 Å². The van der Waals surface area contributed by atoms with E-state index in [9.17, 15) is 4.39 Å². The molecule has 1 unspecified atom stereocenters. The van der Waals surface area contributed by atoms with Crippen LogP contribution in [0.5, 0.6) is 0 Å². The van der Waals surface area contributed by atoms with Crippen LogP contribution >= 0.6 is 0 Å². The highest BCUT2D eigenvalue weighted by Gasteiger charge is 2.17. The predicted molar refractivity (Wildman–Crippen MR) is 79.3 cm³/mol. The van der Waals surface area contributed by atoms with Gasteiger partial charge in [-0.25, -0.2) is 9.37 Å². The fourth-order valence-corrected chi connectivity index (χ4v) is 2.73. The third kappa shape index (κ3) is 3.68. The molecule has 0 spiro atoms. The minimum absolute atomic E-state index is 0.255. The van der Waals surface area contributed by atoms with Crippen molar-refractivity contribution in [1.82, 2.24) is 15.2 Å². The standard InChI is InChI=1S/C16H20FN3O/c1-20(9-14-3-2-8-18-14)10-15-11-21-16(19-15)12-4-6-13(17)7-5-12/h4-7,11,14,18H,2-3,8-10H2,1H3. The second-order valence-corrected chi connectivity index (χ2v) is 5.64. The zero-order chi connectivity index (χ0) is 14.7. The summed E-state index contributed by atoms with van der Waals surface area (Å²) in [5.74, 6) is 0.284. The zero-order valence-electron chi connectivity index (χ0n) is 12.2. The fourth-order valence-electron chi connectivity index (χ4n) is 2.73. The normalized spacial score (nSPS) is 18.5. The van der Waals surface area contributed by atoms with Crippen LogP contribution in [0.3, 0.4) is 0 Å². The van der Waals surface area contributed by atoms with Gasteiger partial charge in [0.05, 0.1) is 5.69 Å². The summed E-state index contributed by atoms with van der Waals surface area (Å²) in [6, 6.07) is 6.76. The molecule has 2 aromatic rings. The molecule has 21 heavy (non-hydrogen) atoms.